The maximum absolute atomic E-state index is 12.4. The molecule has 0 bridgehead atoms. The monoisotopic (exact) mass is 331 g/mol. The zero-order valence-corrected chi connectivity index (χ0v) is 13.9. The second kappa shape index (κ2) is 7.72. The van der Waals surface area contributed by atoms with Crippen LogP contribution in [0.5, 0.6) is 0 Å². The second-order valence-corrected chi connectivity index (χ2v) is 5.68. The minimum absolute atomic E-state index is 0.0132. The molecule has 1 fully saturated rings. The van der Waals surface area contributed by atoms with Gasteiger partial charge in [-0.25, -0.2) is 0 Å². The summed E-state index contributed by atoms with van der Waals surface area (Å²) < 4.78 is 0. The zero-order chi connectivity index (χ0) is 17.7. The Kier molecular flexibility index (Phi) is 5.68. The Balaban J connectivity index is 1.96. The van der Waals surface area contributed by atoms with Crippen LogP contribution < -0.4 is 0 Å². The van der Waals surface area contributed by atoms with Gasteiger partial charge in [-0.3, -0.25) is 19.7 Å². The molecule has 1 heterocycles. The summed E-state index contributed by atoms with van der Waals surface area (Å²) in [5, 5.41) is 10.7. The van der Waals surface area contributed by atoms with Crippen molar-refractivity contribution >= 4 is 17.5 Å². The van der Waals surface area contributed by atoms with Gasteiger partial charge < -0.3 is 9.80 Å². The van der Waals surface area contributed by atoms with Gasteiger partial charge in [0.2, 0.25) is 5.91 Å². The van der Waals surface area contributed by atoms with Crippen LogP contribution in [-0.2, 0) is 4.79 Å². The van der Waals surface area contributed by atoms with Crippen LogP contribution in [-0.4, -0.2) is 52.7 Å². The van der Waals surface area contributed by atoms with Crippen LogP contribution >= 0.6 is 0 Å². The average Bonchev–Trinajstić information content (AvgIpc) is 2.61. The van der Waals surface area contributed by atoms with E-state index in [0.29, 0.717) is 31.7 Å². The fourth-order valence-corrected chi connectivity index (χ4v) is 2.66. The molecule has 128 valence electrons. The van der Waals surface area contributed by atoms with E-state index in [0.717, 1.165) is 12.0 Å². The summed E-state index contributed by atoms with van der Waals surface area (Å²) in [6, 6.07) is 5.58. The van der Waals surface area contributed by atoms with Crippen molar-refractivity contribution in [3.05, 3.63) is 51.6 Å². The van der Waals surface area contributed by atoms with E-state index >= 15 is 0 Å². The smallest absolute Gasteiger partial charge is 0.269 e. The number of hydrogen-bond donors (Lipinski definition) is 0. The highest BCUT2D eigenvalue weighted by molar-refractivity contribution is 5.95. The highest BCUT2D eigenvalue weighted by Crippen LogP contribution is 2.15. The average molecular weight is 331 g/mol. The Morgan fingerprint density at radius 2 is 1.67 bits per heavy atom. The first-order valence-electron chi connectivity index (χ1n) is 7.93. The molecule has 1 aliphatic rings. The van der Waals surface area contributed by atoms with Crippen molar-refractivity contribution in [3.8, 4) is 0 Å². The van der Waals surface area contributed by atoms with Crippen LogP contribution in [0.1, 0.15) is 30.6 Å². The lowest BCUT2D eigenvalue weighted by Gasteiger charge is -2.35. The normalized spacial score (nSPS) is 15.3. The molecule has 2 rings (SSSR count). The molecule has 0 saturated carbocycles. The SMILES string of the molecule is CC/C=C(/C)C(=O)N1CCN(C(=O)c2ccc([N+](=O)[O-])cc2)CC1. The molecule has 24 heavy (non-hydrogen) atoms. The van der Waals surface area contributed by atoms with Gasteiger partial charge >= 0.3 is 0 Å². The van der Waals surface area contributed by atoms with E-state index in [2.05, 4.69) is 0 Å². The number of non-ortho nitro benzene ring substituents is 1. The maximum atomic E-state index is 12.4. The van der Waals surface area contributed by atoms with Gasteiger partial charge in [0, 0.05) is 49.4 Å². The second-order valence-electron chi connectivity index (χ2n) is 5.68. The number of amides is 2. The van der Waals surface area contributed by atoms with Gasteiger partial charge in [0.1, 0.15) is 0 Å². The molecule has 1 saturated heterocycles. The lowest BCUT2D eigenvalue weighted by Crippen LogP contribution is -2.50. The van der Waals surface area contributed by atoms with Crippen LogP contribution in [0.3, 0.4) is 0 Å². The number of nitro benzene ring substituents is 1. The van der Waals surface area contributed by atoms with E-state index in [1.807, 2.05) is 13.0 Å². The van der Waals surface area contributed by atoms with Crippen LogP contribution in [0.2, 0.25) is 0 Å². The lowest BCUT2D eigenvalue weighted by atomic mass is 10.1. The number of allylic oxidation sites excluding steroid dienone is 1. The number of hydrogen-bond acceptors (Lipinski definition) is 4. The van der Waals surface area contributed by atoms with E-state index in [1.54, 1.807) is 16.7 Å². The molecule has 0 aliphatic carbocycles. The summed E-state index contributed by atoms with van der Waals surface area (Å²) in [5.74, 6) is -0.155. The number of nitrogens with zero attached hydrogens (tertiary/aromatic N) is 3. The Labute approximate surface area is 140 Å². The molecule has 1 aliphatic heterocycles. The molecule has 0 radical (unpaired) electrons. The number of nitro groups is 1. The third-order valence-corrected chi connectivity index (χ3v) is 4.03. The van der Waals surface area contributed by atoms with Crippen LogP contribution in [0.4, 0.5) is 5.69 Å². The molecular weight excluding hydrogens is 310 g/mol. The van der Waals surface area contributed by atoms with Crippen molar-refractivity contribution in [2.75, 3.05) is 26.2 Å². The van der Waals surface area contributed by atoms with Gasteiger partial charge in [0.05, 0.1) is 4.92 Å². The number of rotatable bonds is 4. The molecule has 0 atom stereocenters. The summed E-state index contributed by atoms with van der Waals surface area (Å²) >= 11 is 0. The van der Waals surface area contributed by atoms with Gasteiger partial charge in [0.25, 0.3) is 11.6 Å². The van der Waals surface area contributed by atoms with E-state index in [9.17, 15) is 19.7 Å². The summed E-state index contributed by atoms with van der Waals surface area (Å²) in [6.45, 7) is 5.69. The van der Waals surface area contributed by atoms with Crippen molar-refractivity contribution in [2.45, 2.75) is 20.3 Å². The van der Waals surface area contributed by atoms with Crippen molar-refractivity contribution in [2.24, 2.45) is 0 Å². The molecule has 0 spiro atoms. The first-order chi connectivity index (χ1) is 11.4. The first kappa shape index (κ1) is 17.7. The number of carbonyl (C=O) groups is 2. The van der Waals surface area contributed by atoms with E-state index in [1.165, 1.54) is 24.3 Å². The molecule has 0 N–H and O–H groups in total. The number of piperazine rings is 1. The third kappa shape index (κ3) is 3.98. The van der Waals surface area contributed by atoms with Crippen molar-refractivity contribution < 1.29 is 14.5 Å². The molecule has 1 aromatic carbocycles. The standard InChI is InChI=1S/C17H21N3O4/c1-3-4-13(2)16(21)18-9-11-19(12-10-18)17(22)14-5-7-15(8-6-14)20(23)24/h4-8H,3,9-12H2,1-2H3/b13-4-. The van der Waals surface area contributed by atoms with Gasteiger partial charge in [-0.15, -0.1) is 0 Å². The fraction of sp³-hybridized carbons (Fsp3) is 0.412. The van der Waals surface area contributed by atoms with Gasteiger partial charge in [0.15, 0.2) is 0 Å². The van der Waals surface area contributed by atoms with Crippen molar-refractivity contribution in [3.63, 3.8) is 0 Å². The minimum Gasteiger partial charge on any atom is -0.335 e. The topological polar surface area (TPSA) is 83.8 Å². The highest BCUT2D eigenvalue weighted by Gasteiger charge is 2.25. The predicted molar refractivity (Wildman–Crippen MR) is 89.6 cm³/mol. The van der Waals surface area contributed by atoms with E-state index in [-0.39, 0.29) is 17.5 Å². The number of benzene rings is 1. The molecule has 0 aromatic heterocycles. The number of carbonyl (C=O) groups excluding carboxylic acids is 2. The fourth-order valence-electron chi connectivity index (χ4n) is 2.66. The van der Waals surface area contributed by atoms with Gasteiger partial charge in [-0.1, -0.05) is 13.0 Å². The molecule has 7 nitrogen and oxygen atoms in total. The van der Waals surface area contributed by atoms with Crippen molar-refractivity contribution in [1.29, 1.82) is 0 Å². The summed E-state index contributed by atoms with van der Waals surface area (Å²) in [7, 11) is 0. The van der Waals surface area contributed by atoms with Crippen LogP contribution in [0.15, 0.2) is 35.9 Å². The molecule has 0 unspecified atom stereocenters. The Morgan fingerprint density at radius 1 is 1.12 bits per heavy atom. The van der Waals surface area contributed by atoms with Gasteiger partial charge in [-0.2, -0.15) is 0 Å². The summed E-state index contributed by atoms with van der Waals surface area (Å²) in [6.07, 6.45) is 2.72. The van der Waals surface area contributed by atoms with Crippen LogP contribution in [0.25, 0.3) is 0 Å². The third-order valence-electron chi connectivity index (χ3n) is 4.03. The zero-order valence-electron chi connectivity index (χ0n) is 13.9. The first-order valence-corrected chi connectivity index (χ1v) is 7.93. The van der Waals surface area contributed by atoms with Gasteiger partial charge in [-0.05, 0) is 25.5 Å². The molecule has 7 heteroatoms. The summed E-state index contributed by atoms with van der Waals surface area (Å²) in [5.41, 5.74) is 1.11. The molecular formula is C17H21N3O4. The maximum Gasteiger partial charge on any atom is 0.269 e. The lowest BCUT2D eigenvalue weighted by molar-refractivity contribution is -0.384. The van der Waals surface area contributed by atoms with Crippen molar-refractivity contribution in [1.82, 2.24) is 9.80 Å². The Morgan fingerprint density at radius 3 is 2.17 bits per heavy atom. The molecule has 2 amide bonds. The largest absolute Gasteiger partial charge is 0.335 e. The van der Waals surface area contributed by atoms with Crippen LogP contribution in [0, 0.1) is 10.1 Å². The Hall–Kier alpha value is -2.70. The Bertz CT molecular complexity index is 659. The summed E-state index contributed by atoms with van der Waals surface area (Å²) in [4.78, 5) is 38.2. The minimum atomic E-state index is -0.495. The quantitative estimate of drug-likeness (QED) is 0.481. The van der Waals surface area contributed by atoms with E-state index < -0.39 is 4.92 Å². The van der Waals surface area contributed by atoms with E-state index in [4.69, 9.17) is 0 Å². The predicted octanol–water partition coefficient (Wildman–Crippen LogP) is 2.24. The molecule has 1 aromatic rings. The highest BCUT2D eigenvalue weighted by atomic mass is 16.6.